The molecule has 66 valence electrons. The van der Waals surface area contributed by atoms with Crippen molar-refractivity contribution in [3.05, 3.63) is 35.4 Å². The molecule has 0 heterocycles. The fourth-order valence-corrected chi connectivity index (χ4v) is 1.28. The largest absolute Gasteiger partial charge is 0.357 e. The van der Waals surface area contributed by atoms with Crippen LogP contribution in [0.4, 0.5) is 0 Å². The predicted octanol–water partition coefficient (Wildman–Crippen LogP) is -0.745. The van der Waals surface area contributed by atoms with Crippen molar-refractivity contribution in [2.24, 2.45) is 0 Å². The molecule has 0 aromatic heterocycles. The van der Waals surface area contributed by atoms with Gasteiger partial charge in [-0.3, -0.25) is 0 Å². The van der Waals surface area contributed by atoms with Gasteiger partial charge < -0.3 is 11.5 Å². The molecule has 1 rings (SSSR count). The molecule has 0 spiro atoms. The third kappa shape index (κ3) is 2.64. The van der Waals surface area contributed by atoms with Crippen molar-refractivity contribution >= 4 is 0 Å². The summed E-state index contributed by atoms with van der Waals surface area (Å²) in [6.07, 6.45) is 2.18. The van der Waals surface area contributed by atoms with Gasteiger partial charge in [-0.1, -0.05) is 24.3 Å². The fraction of sp³-hybridized carbons (Fsp3) is 0.400. The molecule has 0 unspecified atom stereocenters. The molecule has 2 heteroatoms. The van der Waals surface area contributed by atoms with E-state index in [2.05, 4.69) is 35.7 Å². The SMILES string of the molecule is [NH3+]CCc1ccc(CC[NH3+])cc1. The Balaban J connectivity index is 2.58. The van der Waals surface area contributed by atoms with Crippen molar-refractivity contribution in [2.75, 3.05) is 13.1 Å². The van der Waals surface area contributed by atoms with Crippen molar-refractivity contribution in [3.63, 3.8) is 0 Å². The van der Waals surface area contributed by atoms with Gasteiger partial charge in [-0.2, -0.15) is 0 Å². The summed E-state index contributed by atoms with van der Waals surface area (Å²) in [6, 6.07) is 8.76. The minimum absolute atomic E-state index is 0.981. The molecule has 1 aromatic rings. The summed E-state index contributed by atoms with van der Waals surface area (Å²) in [7, 11) is 0. The molecule has 2 nitrogen and oxygen atoms in total. The monoisotopic (exact) mass is 166 g/mol. The molecule has 0 fully saturated rings. The first-order valence-corrected chi connectivity index (χ1v) is 4.53. The quantitative estimate of drug-likeness (QED) is 0.592. The summed E-state index contributed by atoms with van der Waals surface area (Å²) in [5.74, 6) is 0. The first-order valence-electron chi connectivity index (χ1n) is 4.53. The van der Waals surface area contributed by atoms with Crippen LogP contribution in [-0.2, 0) is 12.8 Å². The number of benzene rings is 1. The van der Waals surface area contributed by atoms with Crippen LogP contribution in [0.1, 0.15) is 11.1 Å². The second kappa shape index (κ2) is 4.91. The minimum Gasteiger partial charge on any atom is -0.357 e. The van der Waals surface area contributed by atoms with E-state index in [1.165, 1.54) is 11.1 Å². The molecule has 0 saturated carbocycles. The molecule has 6 N–H and O–H groups in total. The number of quaternary nitrogens is 2. The van der Waals surface area contributed by atoms with Gasteiger partial charge in [0.15, 0.2) is 0 Å². The van der Waals surface area contributed by atoms with Crippen LogP contribution in [0, 0.1) is 0 Å². The molecule has 0 bridgehead atoms. The third-order valence-electron chi connectivity index (χ3n) is 1.95. The van der Waals surface area contributed by atoms with Crippen LogP contribution in [0.5, 0.6) is 0 Å². The molecular weight excluding hydrogens is 148 g/mol. The molecule has 1 aromatic carbocycles. The second-order valence-electron chi connectivity index (χ2n) is 3.02. The topological polar surface area (TPSA) is 55.3 Å². The standard InChI is InChI=1S/C10H16N2/c11-7-5-9-1-2-10(4-3-9)6-8-12/h1-4H,5-8,11-12H2/p+2. The van der Waals surface area contributed by atoms with Crippen LogP contribution in [0.15, 0.2) is 24.3 Å². The van der Waals surface area contributed by atoms with Crippen LogP contribution in [0.2, 0.25) is 0 Å². The van der Waals surface area contributed by atoms with E-state index in [4.69, 9.17) is 0 Å². The number of rotatable bonds is 4. The zero-order chi connectivity index (χ0) is 8.81. The average Bonchev–Trinajstić information content (AvgIpc) is 2.09. The van der Waals surface area contributed by atoms with Gasteiger partial charge in [0.1, 0.15) is 0 Å². The van der Waals surface area contributed by atoms with Gasteiger partial charge in [-0.15, -0.1) is 0 Å². The van der Waals surface area contributed by atoms with Crippen LogP contribution < -0.4 is 11.5 Å². The maximum Gasteiger partial charge on any atom is 0.0780 e. The number of hydrogen-bond donors (Lipinski definition) is 2. The van der Waals surface area contributed by atoms with E-state index in [1.54, 1.807) is 0 Å². The lowest BCUT2D eigenvalue weighted by Crippen LogP contribution is -2.51. The van der Waals surface area contributed by atoms with E-state index in [1.807, 2.05) is 0 Å². The van der Waals surface area contributed by atoms with Crippen molar-refractivity contribution < 1.29 is 11.5 Å². The summed E-state index contributed by atoms with van der Waals surface area (Å²) in [5.41, 5.74) is 10.4. The van der Waals surface area contributed by atoms with Crippen molar-refractivity contribution in [3.8, 4) is 0 Å². The van der Waals surface area contributed by atoms with Gasteiger partial charge in [-0.25, -0.2) is 0 Å². The van der Waals surface area contributed by atoms with Crippen LogP contribution in [0.25, 0.3) is 0 Å². The van der Waals surface area contributed by atoms with Crippen LogP contribution >= 0.6 is 0 Å². The van der Waals surface area contributed by atoms with Crippen LogP contribution in [-0.4, -0.2) is 13.1 Å². The first kappa shape index (κ1) is 9.23. The summed E-state index contributed by atoms with van der Waals surface area (Å²) >= 11 is 0. The normalized spacial score (nSPS) is 10.2. The van der Waals surface area contributed by atoms with E-state index >= 15 is 0 Å². The smallest absolute Gasteiger partial charge is 0.0780 e. The number of hydrogen-bond acceptors (Lipinski definition) is 0. The Morgan fingerprint density at radius 3 is 1.33 bits per heavy atom. The Labute approximate surface area is 73.6 Å². The molecule has 0 aliphatic carbocycles. The maximum atomic E-state index is 3.83. The maximum absolute atomic E-state index is 3.83. The van der Waals surface area contributed by atoms with Gasteiger partial charge in [-0.05, 0) is 11.1 Å². The highest BCUT2D eigenvalue weighted by atomic mass is 14.5. The average molecular weight is 166 g/mol. The molecule has 0 amide bonds. The highest BCUT2D eigenvalue weighted by molar-refractivity contribution is 5.22. The highest BCUT2D eigenvalue weighted by Gasteiger charge is 1.94. The summed E-state index contributed by atoms with van der Waals surface area (Å²) in [6.45, 7) is 1.96. The fourth-order valence-electron chi connectivity index (χ4n) is 1.28. The van der Waals surface area contributed by atoms with E-state index in [0.717, 1.165) is 25.9 Å². The molecule has 0 saturated heterocycles. The third-order valence-corrected chi connectivity index (χ3v) is 1.95. The van der Waals surface area contributed by atoms with Gasteiger partial charge in [0, 0.05) is 12.8 Å². The molecule has 0 atom stereocenters. The predicted molar refractivity (Wildman–Crippen MR) is 49.4 cm³/mol. The molecule has 12 heavy (non-hydrogen) atoms. The molecule has 0 radical (unpaired) electrons. The van der Waals surface area contributed by atoms with Crippen molar-refractivity contribution in [1.29, 1.82) is 0 Å². The Morgan fingerprint density at radius 1 is 0.750 bits per heavy atom. The van der Waals surface area contributed by atoms with Gasteiger partial charge in [0.05, 0.1) is 13.1 Å². The van der Waals surface area contributed by atoms with E-state index in [0.29, 0.717) is 0 Å². The van der Waals surface area contributed by atoms with E-state index in [9.17, 15) is 0 Å². The second-order valence-corrected chi connectivity index (χ2v) is 3.02. The van der Waals surface area contributed by atoms with Gasteiger partial charge in [0.2, 0.25) is 0 Å². The van der Waals surface area contributed by atoms with Gasteiger partial charge >= 0.3 is 0 Å². The van der Waals surface area contributed by atoms with E-state index < -0.39 is 0 Å². The van der Waals surface area contributed by atoms with Crippen LogP contribution in [0.3, 0.4) is 0 Å². The summed E-state index contributed by atoms with van der Waals surface area (Å²) in [4.78, 5) is 0. The Hall–Kier alpha value is -0.860. The minimum atomic E-state index is 0.981. The zero-order valence-electron chi connectivity index (χ0n) is 7.55. The lowest BCUT2D eigenvalue weighted by molar-refractivity contribution is -0.367. The van der Waals surface area contributed by atoms with Crippen molar-refractivity contribution in [1.82, 2.24) is 0 Å². The zero-order valence-corrected chi connectivity index (χ0v) is 7.55. The lowest BCUT2D eigenvalue weighted by atomic mass is 10.1. The first-order chi connectivity index (χ1) is 5.86. The molecule has 0 aliphatic heterocycles. The summed E-state index contributed by atoms with van der Waals surface area (Å²) < 4.78 is 0. The Bertz CT molecular complexity index is 191. The Morgan fingerprint density at radius 2 is 1.08 bits per heavy atom. The molecular formula is C10H18N2+2. The highest BCUT2D eigenvalue weighted by Crippen LogP contribution is 2.04. The van der Waals surface area contributed by atoms with E-state index in [-0.39, 0.29) is 0 Å². The summed E-state index contributed by atoms with van der Waals surface area (Å²) in [5, 5.41) is 0. The van der Waals surface area contributed by atoms with Gasteiger partial charge in [0.25, 0.3) is 0 Å². The lowest BCUT2D eigenvalue weighted by Gasteiger charge is -1.99. The van der Waals surface area contributed by atoms with Crippen molar-refractivity contribution in [2.45, 2.75) is 12.8 Å². The Kier molecular flexibility index (Phi) is 3.77. The molecule has 0 aliphatic rings.